The van der Waals surface area contributed by atoms with E-state index in [4.69, 9.17) is 4.74 Å². The molecule has 8 nitrogen and oxygen atoms in total. The number of ether oxygens (including phenoxy) is 1. The van der Waals surface area contributed by atoms with Crippen molar-refractivity contribution < 1.29 is 24.0 Å². The van der Waals surface area contributed by atoms with Crippen molar-refractivity contribution in [3.05, 3.63) is 104 Å². The van der Waals surface area contributed by atoms with Gasteiger partial charge in [0.1, 0.15) is 0 Å². The zero-order valence-electron chi connectivity index (χ0n) is 15.9. The molecule has 0 heterocycles. The molecule has 3 aromatic rings. The van der Waals surface area contributed by atoms with Crippen LogP contribution in [0, 0.1) is 10.1 Å². The lowest BCUT2D eigenvalue weighted by atomic mass is 10.1. The Hall–Kier alpha value is -3.85. The molecule has 1 N–H and O–H groups in total. The van der Waals surface area contributed by atoms with Gasteiger partial charge in [0.15, 0.2) is 12.4 Å². The molecule has 156 valence electrons. The van der Waals surface area contributed by atoms with Gasteiger partial charge < -0.3 is 10.1 Å². The third-order valence-corrected chi connectivity index (χ3v) is 4.75. The molecule has 9 heteroatoms. The van der Waals surface area contributed by atoms with E-state index < -0.39 is 16.8 Å². The number of esters is 1. The number of nitrogens with one attached hydrogen (secondary N) is 1. The second-order valence-electron chi connectivity index (χ2n) is 6.34. The number of carbonyl (C=O) groups is 3. The average molecular weight is 483 g/mol. The standard InChI is InChI=1S/C22H15BrN2O6/c23-17-7-1-14(2-8-17)20(26)13-31-22(28)16-3-9-18(10-4-16)24-21(27)15-5-11-19(12-6-15)25(29)30/h1-12H,13H2,(H,24,27). The average Bonchev–Trinajstić information content (AvgIpc) is 2.78. The van der Waals surface area contributed by atoms with Crippen LogP contribution in [0.3, 0.4) is 0 Å². The second kappa shape index (κ2) is 9.77. The summed E-state index contributed by atoms with van der Waals surface area (Å²) in [7, 11) is 0. The molecule has 31 heavy (non-hydrogen) atoms. The first-order valence-electron chi connectivity index (χ1n) is 8.95. The predicted molar refractivity (Wildman–Crippen MR) is 116 cm³/mol. The first-order chi connectivity index (χ1) is 14.8. The lowest BCUT2D eigenvalue weighted by Crippen LogP contribution is -2.15. The number of amides is 1. The summed E-state index contributed by atoms with van der Waals surface area (Å²) in [5.74, 6) is -1.45. The molecule has 0 saturated carbocycles. The van der Waals surface area contributed by atoms with E-state index in [-0.39, 0.29) is 29.2 Å². The number of hydrogen-bond acceptors (Lipinski definition) is 6. The fourth-order valence-corrected chi connectivity index (χ4v) is 2.83. The van der Waals surface area contributed by atoms with Crippen molar-refractivity contribution in [3.8, 4) is 0 Å². The van der Waals surface area contributed by atoms with E-state index in [2.05, 4.69) is 21.2 Å². The highest BCUT2D eigenvalue weighted by molar-refractivity contribution is 9.10. The third-order valence-electron chi connectivity index (χ3n) is 4.22. The van der Waals surface area contributed by atoms with Gasteiger partial charge in [-0.15, -0.1) is 0 Å². The SMILES string of the molecule is O=C(COC(=O)c1ccc(NC(=O)c2ccc([N+](=O)[O-])cc2)cc1)c1ccc(Br)cc1. The predicted octanol–water partition coefficient (Wildman–Crippen LogP) is 4.65. The van der Waals surface area contributed by atoms with Gasteiger partial charge in [0, 0.05) is 33.4 Å². The first kappa shape index (κ1) is 21.8. The lowest BCUT2D eigenvalue weighted by Gasteiger charge is -2.07. The minimum Gasteiger partial charge on any atom is -0.454 e. The number of Topliss-reactive ketones (excluding diaryl/α,β-unsaturated/α-hetero) is 1. The van der Waals surface area contributed by atoms with Crippen LogP contribution in [-0.2, 0) is 4.74 Å². The number of non-ortho nitro benzene ring substituents is 1. The molecule has 0 fully saturated rings. The summed E-state index contributed by atoms with van der Waals surface area (Å²) in [5.41, 5.74) is 1.21. The Morgan fingerprint density at radius 1 is 0.839 bits per heavy atom. The largest absolute Gasteiger partial charge is 0.454 e. The highest BCUT2D eigenvalue weighted by Gasteiger charge is 2.13. The van der Waals surface area contributed by atoms with Crippen LogP contribution in [0.15, 0.2) is 77.3 Å². The molecule has 0 saturated heterocycles. The van der Waals surface area contributed by atoms with Crippen molar-refractivity contribution in [2.75, 3.05) is 11.9 Å². The van der Waals surface area contributed by atoms with Crippen LogP contribution in [0.5, 0.6) is 0 Å². The maximum atomic E-state index is 12.2. The van der Waals surface area contributed by atoms with Gasteiger partial charge >= 0.3 is 5.97 Å². The van der Waals surface area contributed by atoms with Crippen LogP contribution in [0.1, 0.15) is 31.1 Å². The van der Waals surface area contributed by atoms with Crippen molar-refractivity contribution >= 4 is 45.0 Å². The molecule has 0 aliphatic carbocycles. The molecule has 0 aliphatic rings. The molecule has 3 aromatic carbocycles. The van der Waals surface area contributed by atoms with E-state index in [0.29, 0.717) is 11.3 Å². The third kappa shape index (κ3) is 5.83. The van der Waals surface area contributed by atoms with Crippen LogP contribution in [0.4, 0.5) is 11.4 Å². The highest BCUT2D eigenvalue weighted by atomic mass is 79.9. The van der Waals surface area contributed by atoms with Crippen LogP contribution in [0.2, 0.25) is 0 Å². The molecule has 0 unspecified atom stereocenters. The number of ketones is 1. The van der Waals surface area contributed by atoms with Crippen LogP contribution >= 0.6 is 15.9 Å². The number of anilines is 1. The number of halogens is 1. The molecule has 0 bridgehead atoms. The molecule has 0 spiro atoms. The Balaban J connectivity index is 1.55. The van der Waals surface area contributed by atoms with Crippen molar-refractivity contribution in [1.29, 1.82) is 0 Å². The van der Waals surface area contributed by atoms with Gasteiger partial charge in [-0.25, -0.2) is 4.79 Å². The smallest absolute Gasteiger partial charge is 0.338 e. The summed E-state index contributed by atoms with van der Waals surface area (Å²) in [5, 5.41) is 13.3. The number of hydrogen-bond donors (Lipinski definition) is 1. The summed E-state index contributed by atoms with van der Waals surface area (Å²) in [6.45, 7) is -0.390. The maximum Gasteiger partial charge on any atom is 0.338 e. The fraction of sp³-hybridized carbons (Fsp3) is 0.0455. The zero-order valence-corrected chi connectivity index (χ0v) is 17.5. The highest BCUT2D eigenvalue weighted by Crippen LogP contribution is 2.16. The molecular formula is C22H15BrN2O6. The lowest BCUT2D eigenvalue weighted by molar-refractivity contribution is -0.384. The zero-order chi connectivity index (χ0) is 22.4. The van der Waals surface area contributed by atoms with E-state index in [1.54, 1.807) is 24.3 Å². The van der Waals surface area contributed by atoms with Gasteiger partial charge in [0.05, 0.1) is 10.5 Å². The van der Waals surface area contributed by atoms with Crippen molar-refractivity contribution in [3.63, 3.8) is 0 Å². The molecule has 0 atom stereocenters. The van der Waals surface area contributed by atoms with Crippen LogP contribution in [0.25, 0.3) is 0 Å². The summed E-state index contributed by atoms with van der Waals surface area (Å²) >= 11 is 3.28. The number of nitrogens with zero attached hydrogens (tertiary/aromatic N) is 1. The van der Waals surface area contributed by atoms with Crippen LogP contribution < -0.4 is 5.32 Å². The van der Waals surface area contributed by atoms with Gasteiger partial charge in [0.2, 0.25) is 0 Å². The minimum absolute atomic E-state index is 0.113. The van der Waals surface area contributed by atoms with Crippen molar-refractivity contribution in [2.24, 2.45) is 0 Å². The molecule has 1 amide bonds. The molecule has 0 aromatic heterocycles. The topological polar surface area (TPSA) is 116 Å². The van der Waals surface area contributed by atoms with Gasteiger partial charge in [-0.3, -0.25) is 19.7 Å². The van der Waals surface area contributed by atoms with Crippen molar-refractivity contribution in [1.82, 2.24) is 0 Å². The van der Waals surface area contributed by atoms with E-state index in [1.165, 1.54) is 48.5 Å². The monoisotopic (exact) mass is 482 g/mol. The maximum absolute atomic E-state index is 12.2. The minimum atomic E-state index is -0.668. The Morgan fingerprint density at radius 2 is 1.39 bits per heavy atom. The second-order valence-corrected chi connectivity index (χ2v) is 7.26. The van der Waals surface area contributed by atoms with Crippen LogP contribution in [-0.4, -0.2) is 29.2 Å². The quantitative estimate of drug-likeness (QED) is 0.226. The van der Waals surface area contributed by atoms with E-state index in [9.17, 15) is 24.5 Å². The summed E-state index contributed by atoms with van der Waals surface area (Å²) < 4.78 is 5.89. The number of rotatable bonds is 7. The summed E-state index contributed by atoms with van der Waals surface area (Å²) in [6, 6.07) is 17.8. The fourth-order valence-electron chi connectivity index (χ4n) is 2.56. The number of carbonyl (C=O) groups excluding carboxylic acids is 3. The Morgan fingerprint density at radius 3 is 1.97 bits per heavy atom. The normalized spacial score (nSPS) is 10.2. The molecule has 3 rings (SSSR count). The Bertz CT molecular complexity index is 1130. The van der Waals surface area contributed by atoms with E-state index in [1.807, 2.05) is 0 Å². The first-order valence-corrected chi connectivity index (χ1v) is 9.74. The Kier molecular flexibility index (Phi) is 6.88. The summed E-state index contributed by atoms with van der Waals surface area (Å²) in [4.78, 5) is 46.6. The number of benzene rings is 3. The molecular weight excluding hydrogens is 468 g/mol. The molecule has 0 aliphatic heterocycles. The van der Waals surface area contributed by atoms with E-state index in [0.717, 1.165) is 4.47 Å². The van der Waals surface area contributed by atoms with Gasteiger partial charge in [0.25, 0.3) is 11.6 Å². The number of nitro benzene ring substituents is 1. The van der Waals surface area contributed by atoms with Gasteiger partial charge in [-0.05, 0) is 48.5 Å². The van der Waals surface area contributed by atoms with Gasteiger partial charge in [-0.2, -0.15) is 0 Å². The summed E-state index contributed by atoms with van der Waals surface area (Å²) in [6.07, 6.45) is 0. The van der Waals surface area contributed by atoms with E-state index >= 15 is 0 Å². The Labute approximate surface area is 185 Å². The molecule has 0 radical (unpaired) electrons. The van der Waals surface area contributed by atoms with Gasteiger partial charge in [-0.1, -0.05) is 28.1 Å². The van der Waals surface area contributed by atoms with Crippen molar-refractivity contribution in [2.45, 2.75) is 0 Å². The number of nitro groups is 1.